The van der Waals surface area contributed by atoms with Crippen molar-refractivity contribution in [3.05, 3.63) is 59.3 Å². The number of benzene rings is 2. The van der Waals surface area contributed by atoms with Gasteiger partial charge in [-0.1, -0.05) is 6.07 Å². The third kappa shape index (κ3) is 7.79. The van der Waals surface area contributed by atoms with E-state index in [1.807, 2.05) is 24.3 Å². The molecule has 1 aliphatic carbocycles. The smallest absolute Gasteiger partial charge is 0.329 e. The minimum absolute atomic E-state index is 0.0419. The summed E-state index contributed by atoms with van der Waals surface area (Å²) in [4.78, 5) is 57.7. The second-order valence-electron chi connectivity index (χ2n) is 19.3. The average molecular weight is 830 g/mol. The summed E-state index contributed by atoms with van der Waals surface area (Å²) < 4.78 is 9.50. The number of nitrogens with zero attached hydrogens (tertiary/aromatic N) is 9. The van der Waals surface area contributed by atoms with Crippen molar-refractivity contribution in [2.75, 3.05) is 68.7 Å². The zero-order chi connectivity index (χ0) is 42.0. The predicted molar refractivity (Wildman–Crippen MR) is 236 cm³/mol. The molecule has 0 spiro atoms. The second-order valence-corrected chi connectivity index (χ2v) is 19.3. The molecule has 10 rings (SSSR count). The quantitative estimate of drug-likeness (QED) is 0.181. The fourth-order valence-electron chi connectivity index (χ4n) is 10.5. The molecule has 0 radical (unpaired) electrons. The topological polar surface area (TPSA) is 150 Å². The summed E-state index contributed by atoms with van der Waals surface area (Å²) in [5, 5.41) is 11.3. The number of nitrogens with one attached hydrogen (secondary N) is 2. The van der Waals surface area contributed by atoms with Crippen molar-refractivity contribution in [3.63, 3.8) is 0 Å². The number of imidazole rings is 1. The molecule has 4 aliphatic heterocycles. The van der Waals surface area contributed by atoms with Crippen LogP contribution in [0.25, 0.3) is 33.3 Å². The first kappa shape index (κ1) is 39.8. The van der Waals surface area contributed by atoms with E-state index in [2.05, 4.69) is 79.1 Å². The number of aryl methyl sites for hydroxylation is 1. The summed E-state index contributed by atoms with van der Waals surface area (Å²) in [7, 11) is 1.79. The molecule has 7 heterocycles. The number of piperidine rings is 3. The number of hydrogen-bond donors (Lipinski definition) is 2. The molecular formula is C46H59N11O4. The summed E-state index contributed by atoms with van der Waals surface area (Å²) in [5.41, 5.74) is 5.09. The number of piperazine rings is 1. The van der Waals surface area contributed by atoms with Crippen molar-refractivity contribution in [1.82, 2.24) is 44.4 Å². The molecule has 5 fully saturated rings. The van der Waals surface area contributed by atoms with Crippen molar-refractivity contribution >= 4 is 45.3 Å². The van der Waals surface area contributed by atoms with Crippen LogP contribution in [0.5, 0.6) is 5.75 Å². The van der Waals surface area contributed by atoms with Crippen LogP contribution >= 0.6 is 0 Å². The maximum absolute atomic E-state index is 13.5. The van der Waals surface area contributed by atoms with Crippen molar-refractivity contribution in [2.24, 2.45) is 18.9 Å². The molecule has 322 valence electrons. The molecular weight excluding hydrogens is 771 g/mol. The summed E-state index contributed by atoms with van der Waals surface area (Å²) in [5.74, 6) is 2.42. The van der Waals surface area contributed by atoms with Crippen molar-refractivity contribution in [2.45, 2.75) is 89.3 Å². The van der Waals surface area contributed by atoms with Crippen LogP contribution in [-0.4, -0.2) is 121 Å². The predicted octanol–water partition coefficient (Wildman–Crippen LogP) is 5.11. The van der Waals surface area contributed by atoms with Crippen molar-refractivity contribution < 1.29 is 14.3 Å². The lowest BCUT2D eigenvalue weighted by molar-refractivity contribution is -0.135. The van der Waals surface area contributed by atoms with E-state index in [4.69, 9.17) is 9.72 Å². The summed E-state index contributed by atoms with van der Waals surface area (Å²) in [6.07, 6.45) is 8.89. The SMILES string of the molecule is Cn1c(=O)n(C2CCC(=O)NC2=O)c2cccc(N3CCC(CN4CCN(CC5CCN(c6cc(-c7n[nH]c8ccc(OC9(C)CC9)cc78)ncn6)CC5)C(C)(C)C4)CC3)c21. The van der Waals surface area contributed by atoms with Gasteiger partial charge in [-0.05, 0) is 108 Å². The standard InChI is InChI=1S/C46H59N11O4/c1-45(2)28-53(26-30-12-18-54(19-13-30)36-6-5-7-37-42(36)52(4)44(60)57(37)38-10-11-40(58)49-43(38)59)22-23-56(45)27-31-14-20-55(21-15-31)39-25-35(47-29-48-39)41-33-24-32(61-46(3)16-17-46)8-9-34(33)50-51-41/h5-9,24-25,29-31,38H,10-23,26-28H2,1-4H3,(H,50,51)(H,49,58,59). The summed E-state index contributed by atoms with van der Waals surface area (Å²) >= 11 is 0. The van der Waals surface area contributed by atoms with Gasteiger partial charge in [0.1, 0.15) is 35.2 Å². The van der Waals surface area contributed by atoms with Gasteiger partial charge in [-0.3, -0.25) is 38.9 Å². The van der Waals surface area contributed by atoms with Gasteiger partial charge in [0, 0.05) is 89.4 Å². The van der Waals surface area contributed by atoms with Gasteiger partial charge < -0.3 is 14.5 Å². The minimum atomic E-state index is -0.682. The Morgan fingerprint density at radius 1 is 0.836 bits per heavy atom. The van der Waals surface area contributed by atoms with Gasteiger partial charge in [0.15, 0.2) is 0 Å². The highest BCUT2D eigenvalue weighted by atomic mass is 16.5. The van der Waals surface area contributed by atoms with E-state index in [1.165, 1.54) is 0 Å². The number of para-hydroxylation sites is 1. The largest absolute Gasteiger partial charge is 0.488 e. The maximum Gasteiger partial charge on any atom is 0.329 e. The molecule has 4 saturated heterocycles. The van der Waals surface area contributed by atoms with Crippen LogP contribution < -0.4 is 25.5 Å². The van der Waals surface area contributed by atoms with Gasteiger partial charge in [-0.25, -0.2) is 14.8 Å². The Kier molecular flexibility index (Phi) is 10.2. The Morgan fingerprint density at radius 2 is 1.59 bits per heavy atom. The molecule has 61 heavy (non-hydrogen) atoms. The first-order valence-electron chi connectivity index (χ1n) is 22.4. The van der Waals surface area contributed by atoms with E-state index in [0.717, 1.165) is 148 Å². The number of H-pyrrole nitrogens is 1. The van der Waals surface area contributed by atoms with E-state index >= 15 is 0 Å². The van der Waals surface area contributed by atoms with E-state index in [-0.39, 0.29) is 29.2 Å². The molecule has 1 atom stereocenters. The number of imide groups is 1. The highest BCUT2D eigenvalue weighted by molar-refractivity contribution is 6.00. The molecule has 15 nitrogen and oxygen atoms in total. The zero-order valence-corrected chi connectivity index (χ0v) is 36.0. The number of aromatic nitrogens is 6. The van der Waals surface area contributed by atoms with Gasteiger partial charge in [-0.2, -0.15) is 5.10 Å². The number of rotatable bonds is 10. The van der Waals surface area contributed by atoms with Crippen LogP contribution in [0.1, 0.15) is 78.2 Å². The Balaban J connectivity index is 0.715. The van der Waals surface area contributed by atoms with E-state index in [9.17, 15) is 14.4 Å². The van der Waals surface area contributed by atoms with Crippen LogP contribution in [0, 0.1) is 11.8 Å². The summed E-state index contributed by atoms with van der Waals surface area (Å²) in [6, 6.07) is 13.5. The molecule has 5 aliphatic rings. The normalized spacial score (nSPS) is 22.9. The molecule has 1 saturated carbocycles. The highest BCUT2D eigenvalue weighted by Gasteiger charge is 2.40. The van der Waals surface area contributed by atoms with Crippen LogP contribution in [0.2, 0.25) is 0 Å². The number of carbonyl (C=O) groups excluding carboxylic acids is 2. The monoisotopic (exact) mass is 829 g/mol. The van der Waals surface area contributed by atoms with Gasteiger partial charge in [0.05, 0.1) is 27.9 Å². The lowest BCUT2D eigenvalue weighted by Crippen LogP contribution is -2.61. The maximum atomic E-state index is 13.5. The molecule has 3 aromatic heterocycles. The molecule has 0 bridgehead atoms. The van der Waals surface area contributed by atoms with Gasteiger partial charge in [-0.15, -0.1) is 0 Å². The van der Waals surface area contributed by atoms with Crippen molar-refractivity contribution in [3.8, 4) is 17.1 Å². The van der Waals surface area contributed by atoms with Gasteiger partial charge in [0.2, 0.25) is 11.8 Å². The number of ether oxygens (including phenoxy) is 1. The van der Waals surface area contributed by atoms with Gasteiger partial charge >= 0.3 is 5.69 Å². The number of amides is 2. The van der Waals surface area contributed by atoms with Gasteiger partial charge in [0.25, 0.3) is 0 Å². The third-order valence-corrected chi connectivity index (χ3v) is 14.4. The molecule has 2 N–H and O–H groups in total. The Bertz CT molecular complexity index is 2520. The number of aromatic amines is 1. The first-order chi connectivity index (χ1) is 29.4. The van der Waals surface area contributed by atoms with Crippen LogP contribution in [-0.2, 0) is 16.6 Å². The Morgan fingerprint density at radius 3 is 2.33 bits per heavy atom. The Labute approximate surface area is 356 Å². The van der Waals surface area contributed by atoms with Crippen LogP contribution in [0.15, 0.2) is 53.6 Å². The third-order valence-electron chi connectivity index (χ3n) is 14.4. The first-order valence-corrected chi connectivity index (χ1v) is 22.4. The number of carbonyl (C=O) groups is 2. The number of hydrogen-bond acceptors (Lipinski definition) is 11. The fourth-order valence-corrected chi connectivity index (χ4v) is 10.5. The lowest BCUT2D eigenvalue weighted by atomic mass is 9.90. The van der Waals surface area contributed by atoms with Crippen molar-refractivity contribution in [1.29, 1.82) is 0 Å². The highest BCUT2D eigenvalue weighted by Crippen LogP contribution is 2.41. The molecule has 2 amide bonds. The minimum Gasteiger partial charge on any atom is -0.488 e. The van der Waals surface area contributed by atoms with E-state index < -0.39 is 11.9 Å². The second kappa shape index (κ2) is 15.6. The average Bonchev–Trinajstić information content (AvgIpc) is 3.73. The van der Waals surface area contributed by atoms with E-state index in [1.54, 1.807) is 22.5 Å². The molecule has 5 aromatic rings. The Hall–Kier alpha value is -5.28. The molecule has 15 heteroatoms. The molecule has 2 aromatic carbocycles. The molecule has 1 unspecified atom stereocenters. The van der Waals surface area contributed by atoms with Crippen LogP contribution in [0.3, 0.4) is 0 Å². The number of anilines is 2. The zero-order valence-electron chi connectivity index (χ0n) is 36.0. The summed E-state index contributed by atoms with van der Waals surface area (Å²) in [6.45, 7) is 16.3. The number of fused-ring (bicyclic) bond motifs is 2. The lowest BCUT2D eigenvalue weighted by Gasteiger charge is -2.50. The van der Waals surface area contributed by atoms with Crippen LogP contribution in [0.4, 0.5) is 11.5 Å². The fraction of sp³-hybridized carbons (Fsp3) is 0.565. The van der Waals surface area contributed by atoms with E-state index in [0.29, 0.717) is 18.3 Å².